The van der Waals surface area contributed by atoms with E-state index in [0.717, 1.165) is 25.2 Å². The van der Waals surface area contributed by atoms with Crippen LogP contribution in [0.5, 0.6) is 0 Å². The zero-order valence-electron chi connectivity index (χ0n) is 11.9. The van der Waals surface area contributed by atoms with Crippen molar-refractivity contribution in [2.75, 3.05) is 0 Å². The summed E-state index contributed by atoms with van der Waals surface area (Å²) in [6.07, 6.45) is 8.13. The highest BCUT2D eigenvalue weighted by Crippen LogP contribution is 2.46. The second-order valence-electron chi connectivity index (χ2n) is 6.48. The number of carboxylic acid groups (broad SMARTS) is 1. The van der Waals surface area contributed by atoms with Crippen LogP contribution < -0.4 is 0 Å². The standard InChI is InChI=1S/C17H20F2O2/c18-14-8-13(9-15(19)16(14)17(20)21)12-6-5-10-3-1-2-4-11(10)7-12/h8-12H,1-7H2,(H,20,21). The Kier molecular flexibility index (Phi) is 3.96. The molecule has 0 bridgehead atoms. The number of carboxylic acids is 1. The van der Waals surface area contributed by atoms with E-state index >= 15 is 0 Å². The normalized spacial score (nSPS) is 29.0. The Labute approximate surface area is 123 Å². The molecule has 2 saturated carbocycles. The predicted octanol–water partition coefficient (Wildman–Crippen LogP) is 4.74. The van der Waals surface area contributed by atoms with E-state index in [1.165, 1.54) is 37.8 Å². The van der Waals surface area contributed by atoms with Crippen molar-refractivity contribution in [1.82, 2.24) is 0 Å². The molecule has 0 radical (unpaired) electrons. The SMILES string of the molecule is O=C(O)c1c(F)cc(C2CCC3CCCCC3C2)cc1F. The van der Waals surface area contributed by atoms with Crippen molar-refractivity contribution in [3.05, 3.63) is 34.9 Å². The maximum absolute atomic E-state index is 13.8. The van der Waals surface area contributed by atoms with Gasteiger partial charge in [0, 0.05) is 0 Å². The van der Waals surface area contributed by atoms with Crippen molar-refractivity contribution in [3.8, 4) is 0 Å². The number of carbonyl (C=O) groups is 1. The van der Waals surface area contributed by atoms with Crippen LogP contribution in [0, 0.1) is 23.5 Å². The maximum Gasteiger partial charge on any atom is 0.341 e. The van der Waals surface area contributed by atoms with Crippen molar-refractivity contribution in [2.45, 2.75) is 50.9 Å². The van der Waals surface area contributed by atoms with Gasteiger partial charge in [0.1, 0.15) is 17.2 Å². The Morgan fingerprint density at radius 3 is 2.24 bits per heavy atom. The van der Waals surface area contributed by atoms with Crippen molar-refractivity contribution >= 4 is 5.97 Å². The summed E-state index contributed by atoms with van der Waals surface area (Å²) in [7, 11) is 0. The number of fused-ring (bicyclic) bond motifs is 1. The van der Waals surface area contributed by atoms with Gasteiger partial charge in [-0.15, -0.1) is 0 Å². The molecule has 3 atom stereocenters. The summed E-state index contributed by atoms with van der Waals surface area (Å²) < 4.78 is 27.7. The Hall–Kier alpha value is -1.45. The lowest BCUT2D eigenvalue weighted by molar-refractivity contribution is 0.0686. The summed E-state index contributed by atoms with van der Waals surface area (Å²) in [5.74, 6) is -1.85. The largest absolute Gasteiger partial charge is 0.477 e. The molecule has 0 saturated heterocycles. The Balaban J connectivity index is 1.82. The van der Waals surface area contributed by atoms with Crippen LogP contribution in [0.15, 0.2) is 12.1 Å². The van der Waals surface area contributed by atoms with E-state index in [0.29, 0.717) is 11.5 Å². The quantitative estimate of drug-likeness (QED) is 0.855. The minimum absolute atomic E-state index is 0.163. The molecule has 2 fully saturated rings. The van der Waals surface area contributed by atoms with Crippen molar-refractivity contribution in [2.24, 2.45) is 11.8 Å². The molecule has 2 aliphatic rings. The molecule has 0 spiro atoms. The molecule has 114 valence electrons. The van der Waals surface area contributed by atoms with Crippen LogP contribution in [-0.4, -0.2) is 11.1 Å². The number of benzene rings is 1. The van der Waals surface area contributed by atoms with E-state index in [2.05, 4.69) is 0 Å². The van der Waals surface area contributed by atoms with E-state index < -0.39 is 23.2 Å². The molecule has 1 aromatic carbocycles. The second kappa shape index (κ2) is 5.74. The predicted molar refractivity (Wildman–Crippen MR) is 75.4 cm³/mol. The first-order valence-electron chi connectivity index (χ1n) is 7.78. The summed E-state index contributed by atoms with van der Waals surface area (Å²) in [5.41, 5.74) is -0.218. The fourth-order valence-corrected chi connectivity index (χ4v) is 4.21. The molecule has 2 nitrogen and oxygen atoms in total. The average Bonchev–Trinajstić information content (AvgIpc) is 2.45. The van der Waals surface area contributed by atoms with Crippen LogP contribution >= 0.6 is 0 Å². The van der Waals surface area contributed by atoms with Gasteiger partial charge >= 0.3 is 5.97 Å². The van der Waals surface area contributed by atoms with Crippen LogP contribution in [0.25, 0.3) is 0 Å². The van der Waals surface area contributed by atoms with Gasteiger partial charge in [-0.1, -0.05) is 25.7 Å². The van der Waals surface area contributed by atoms with Crippen molar-refractivity contribution < 1.29 is 18.7 Å². The molecule has 0 aromatic heterocycles. The zero-order valence-corrected chi connectivity index (χ0v) is 11.9. The number of rotatable bonds is 2. The highest BCUT2D eigenvalue weighted by atomic mass is 19.1. The Morgan fingerprint density at radius 2 is 1.62 bits per heavy atom. The molecule has 3 unspecified atom stereocenters. The van der Waals surface area contributed by atoms with Crippen LogP contribution in [-0.2, 0) is 0 Å². The summed E-state index contributed by atoms with van der Waals surface area (Å²) >= 11 is 0. The second-order valence-corrected chi connectivity index (χ2v) is 6.48. The number of aromatic carboxylic acids is 1. The van der Waals surface area contributed by atoms with Crippen LogP contribution in [0.2, 0.25) is 0 Å². The molecule has 21 heavy (non-hydrogen) atoms. The number of hydrogen-bond acceptors (Lipinski definition) is 1. The summed E-state index contributed by atoms with van der Waals surface area (Å²) in [6.45, 7) is 0. The monoisotopic (exact) mass is 294 g/mol. The summed E-state index contributed by atoms with van der Waals surface area (Å²) in [6, 6.07) is 2.45. The Morgan fingerprint density at radius 1 is 1.00 bits per heavy atom. The van der Waals surface area contributed by atoms with Gasteiger partial charge in [-0.2, -0.15) is 0 Å². The van der Waals surface area contributed by atoms with E-state index in [1.54, 1.807) is 0 Å². The van der Waals surface area contributed by atoms with E-state index in [-0.39, 0.29) is 5.92 Å². The molecule has 1 aromatic rings. The van der Waals surface area contributed by atoms with E-state index in [4.69, 9.17) is 5.11 Å². The first-order chi connectivity index (χ1) is 10.1. The molecule has 4 heteroatoms. The minimum atomic E-state index is -1.55. The molecular formula is C17H20F2O2. The first kappa shape index (κ1) is 14.5. The third-order valence-corrected chi connectivity index (χ3v) is 5.29. The lowest BCUT2D eigenvalue weighted by Gasteiger charge is -2.39. The summed E-state index contributed by atoms with van der Waals surface area (Å²) in [5, 5.41) is 8.82. The minimum Gasteiger partial charge on any atom is -0.477 e. The van der Waals surface area contributed by atoms with Crippen LogP contribution in [0.3, 0.4) is 0 Å². The van der Waals surface area contributed by atoms with Gasteiger partial charge in [-0.25, -0.2) is 13.6 Å². The zero-order chi connectivity index (χ0) is 15.0. The Bertz CT molecular complexity index is 533. The average molecular weight is 294 g/mol. The third kappa shape index (κ3) is 2.81. The van der Waals surface area contributed by atoms with Gasteiger partial charge in [-0.3, -0.25) is 0 Å². The molecule has 0 heterocycles. The van der Waals surface area contributed by atoms with Gasteiger partial charge in [-0.05, 0) is 54.7 Å². The molecule has 0 aliphatic heterocycles. The van der Waals surface area contributed by atoms with Gasteiger partial charge in [0.25, 0.3) is 0 Å². The van der Waals surface area contributed by atoms with Crippen molar-refractivity contribution in [3.63, 3.8) is 0 Å². The van der Waals surface area contributed by atoms with Crippen LogP contribution in [0.1, 0.15) is 66.8 Å². The first-order valence-corrected chi connectivity index (χ1v) is 7.78. The smallest absolute Gasteiger partial charge is 0.341 e. The molecular weight excluding hydrogens is 274 g/mol. The van der Waals surface area contributed by atoms with Gasteiger partial charge in [0.2, 0.25) is 0 Å². The van der Waals surface area contributed by atoms with Gasteiger partial charge in [0.05, 0.1) is 0 Å². The number of halogens is 2. The maximum atomic E-state index is 13.8. The van der Waals surface area contributed by atoms with Crippen molar-refractivity contribution in [1.29, 1.82) is 0 Å². The van der Waals surface area contributed by atoms with Crippen LogP contribution in [0.4, 0.5) is 8.78 Å². The molecule has 0 amide bonds. The lowest BCUT2D eigenvalue weighted by atomic mass is 9.66. The highest BCUT2D eigenvalue weighted by Gasteiger charge is 2.33. The van der Waals surface area contributed by atoms with E-state index in [9.17, 15) is 13.6 Å². The highest BCUT2D eigenvalue weighted by molar-refractivity contribution is 5.88. The fraction of sp³-hybridized carbons (Fsp3) is 0.588. The topological polar surface area (TPSA) is 37.3 Å². The van der Waals surface area contributed by atoms with Gasteiger partial charge in [0.15, 0.2) is 0 Å². The number of hydrogen-bond donors (Lipinski definition) is 1. The fourth-order valence-electron chi connectivity index (χ4n) is 4.21. The molecule has 2 aliphatic carbocycles. The molecule has 1 N–H and O–H groups in total. The lowest BCUT2D eigenvalue weighted by Crippen LogP contribution is -2.27. The van der Waals surface area contributed by atoms with Gasteiger partial charge < -0.3 is 5.11 Å². The third-order valence-electron chi connectivity index (χ3n) is 5.29. The van der Waals surface area contributed by atoms with E-state index in [1.807, 2.05) is 0 Å². The summed E-state index contributed by atoms with van der Waals surface area (Å²) in [4.78, 5) is 10.8. The molecule has 3 rings (SSSR count).